The molecule has 2 aromatic rings. The van der Waals surface area contributed by atoms with Crippen LogP contribution < -0.4 is 5.73 Å². The zero-order valence-electron chi connectivity index (χ0n) is 15.6. The standard InChI is InChI=1S/C5H6IN3O.C5H4IN3.C4F6O3/c1-2-3(5(7)10)8-9-4(2)6;1-3-4(2-7)8-9-5(3)6;5-3(6,7)1(11)13-2(12)4(8,9)10/h1H3,(H2,7,10)(H,8,9);1H3,(H,8,9);. The molecule has 4 N–H and O–H groups in total. The number of nitrogens with zero attached hydrogens (tertiary/aromatic N) is 3. The summed E-state index contributed by atoms with van der Waals surface area (Å²) in [6, 6.07) is 1.97. The first-order valence-electron chi connectivity index (χ1n) is 7.44. The van der Waals surface area contributed by atoms with Gasteiger partial charge in [0, 0.05) is 11.1 Å². The van der Waals surface area contributed by atoms with Crippen molar-refractivity contribution in [1.29, 1.82) is 5.26 Å². The molecule has 2 heterocycles. The van der Waals surface area contributed by atoms with Crippen molar-refractivity contribution in [3.63, 3.8) is 0 Å². The molecule has 2 rings (SSSR count). The zero-order chi connectivity index (χ0) is 25.4. The minimum absolute atomic E-state index is 0.324. The lowest BCUT2D eigenvalue weighted by atomic mass is 10.3. The van der Waals surface area contributed by atoms with Crippen molar-refractivity contribution < 1.29 is 45.5 Å². The average Bonchev–Trinajstić information content (AvgIpc) is 3.16. The topological polar surface area (TPSA) is 168 Å². The summed E-state index contributed by atoms with van der Waals surface area (Å²) in [6.45, 7) is 3.66. The first-order chi connectivity index (χ1) is 14.4. The van der Waals surface area contributed by atoms with Gasteiger partial charge < -0.3 is 10.5 Å². The Kier molecular flexibility index (Phi) is 11.1. The van der Waals surface area contributed by atoms with Gasteiger partial charge in [0.15, 0.2) is 11.4 Å². The van der Waals surface area contributed by atoms with Crippen molar-refractivity contribution in [1.82, 2.24) is 20.4 Å². The number of primary amides is 1. The third-order valence-corrected chi connectivity index (χ3v) is 4.99. The van der Waals surface area contributed by atoms with E-state index in [-0.39, 0.29) is 0 Å². The summed E-state index contributed by atoms with van der Waals surface area (Å²) in [5.41, 5.74) is 7.55. The lowest BCUT2D eigenvalue weighted by Crippen LogP contribution is -2.34. The van der Waals surface area contributed by atoms with E-state index < -0.39 is 30.2 Å². The predicted molar refractivity (Wildman–Crippen MR) is 109 cm³/mol. The fourth-order valence-corrected chi connectivity index (χ4v) is 2.05. The Morgan fingerprint density at radius 1 is 0.938 bits per heavy atom. The average molecular weight is 694 g/mol. The normalized spacial score (nSPS) is 10.7. The van der Waals surface area contributed by atoms with E-state index in [9.17, 15) is 40.7 Å². The number of nitrogens with one attached hydrogen (secondary N) is 2. The Morgan fingerprint density at radius 3 is 1.53 bits per heavy atom. The van der Waals surface area contributed by atoms with Crippen LogP contribution in [0.4, 0.5) is 26.3 Å². The van der Waals surface area contributed by atoms with E-state index in [1.54, 1.807) is 6.92 Å². The Balaban J connectivity index is 0.000000458. The molecule has 0 bridgehead atoms. The molecule has 0 saturated carbocycles. The van der Waals surface area contributed by atoms with Gasteiger partial charge in [0.25, 0.3) is 5.91 Å². The van der Waals surface area contributed by atoms with Gasteiger partial charge in [-0.1, -0.05) is 0 Å². The number of halogens is 8. The second-order valence-corrected chi connectivity index (χ2v) is 7.33. The van der Waals surface area contributed by atoms with Crippen molar-refractivity contribution in [3.8, 4) is 6.07 Å². The number of H-pyrrole nitrogens is 2. The molecule has 0 fully saturated rings. The van der Waals surface area contributed by atoms with E-state index >= 15 is 0 Å². The summed E-state index contributed by atoms with van der Waals surface area (Å²) in [7, 11) is 0. The number of rotatable bonds is 1. The molecule has 1 amide bonds. The second-order valence-electron chi connectivity index (χ2n) is 5.17. The second kappa shape index (κ2) is 12.0. The fraction of sp³-hybridized carbons (Fsp3) is 0.286. The van der Waals surface area contributed by atoms with Gasteiger partial charge in [0.05, 0.1) is 3.70 Å². The number of hydrogen-bond acceptors (Lipinski definition) is 7. The predicted octanol–water partition coefficient (Wildman–Crippen LogP) is 2.80. The van der Waals surface area contributed by atoms with Crippen LogP contribution in [0.15, 0.2) is 0 Å². The molecule has 0 aliphatic rings. The van der Waals surface area contributed by atoms with Gasteiger partial charge >= 0.3 is 24.3 Å². The summed E-state index contributed by atoms with van der Waals surface area (Å²) < 4.78 is 71.5. The third-order valence-electron chi connectivity index (χ3n) is 2.89. The molecular formula is C14H10F6I2N6O4. The smallest absolute Gasteiger partial charge is 0.380 e. The Labute approximate surface area is 201 Å². The highest BCUT2D eigenvalue weighted by atomic mass is 127. The summed E-state index contributed by atoms with van der Waals surface area (Å²) in [6.07, 6.45) is -11.2. The summed E-state index contributed by atoms with van der Waals surface area (Å²) in [4.78, 5) is 29.9. The number of aromatic nitrogens is 4. The van der Waals surface area contributed by atoms with Crippen LogP contribution in [-0.4, -0.2) is 50.6 Å². The van der Waals surface area contributed by atoms with Crippen molar-refractivity contribution in [2.45, 2.75) is 26.2 Å². The molecule has 2 aromatic heterocycles. The van der Waals surface area contributed by atoms with Gasteiger partial charge in [-0.2, -0.15) is 41.8 Å². The number of alkyl halides is 6. The van der Waals surface area contributed by atoms with Crippen molar-refractivity contribution in [2.24, 2.45) is 5.73 Å². The molecule has 18 heteroatoms. The number of amides is 1. The van der Waals surface area contributed by atoms with Crippen LogP contribution in [0.1, 0.15) is 27.3 Å². The monoisotopic (exact) mass is 694 g/mol. The summed E-state index contributed by atoms with van der Waals surface area (Å²) in [5, 5.41) is 21.2. The highest BCUT2D eigenvalue weighted by Crippen LogP contribution is 2.21. The molecule has 0 aromatic carbocycles. The summed E-state index contributed by atoms with van der Waals surface area (Å²) in [5.74, 6) is -6.89. The largest absolute Gasteiger partial charge is 0.491 e. The van der Waals surface area contributed by atoms with Crippen LogP contribution in [0.25, 0.3) is 0 Å². The molecule has 32 heavy (non-hydrogen) atoms. The number of esters is 2. The van der Waals surface area contributed by atoms with Crippen LogP contribution in [0.2, 0.25) is 0 Å². The molecule has 0 radical (unpaired) electrons. The molecule has 0 aliphatic carbocycles. The molecule has 0 unspecified atom stereocenters. The zero-order valence-corrected chi connectivity index (χ0v) is 19.9. The number of carbonyl (C=O) groups is 3. The molecule has 0 spiro atoms. The molecule has 0 atom stereocenters. The van der Waals surface area contributed by atoms with Gasteiger partial charge in [-0.05, 0) is 59.0 Å². The Morgan fingerprint density at radius 2 is 1.34 bits per heavy atom. The van der Waals surface area contributed by atoms with E-state index in [4.69, 9.17) is 11.0 Å². The SMILES string of the molecule is Cc1c(C#N)n[nH]c1I.Cc1c(C(N)=O)n[nH]c1I.O=C(OC(=O)C(F)(F)F)C(F)(F)F. The summed E-state index contributed by atoms with van der Waals surface area (Å²) >= 11 is 4.15. The van der Waals surface area contributed by atoms with Crippen molar-refractivity contribution >= 4 is 63.0 Å². The van der Waals surface area contributed by atoms with E-state index in [1.165, 1.54) is 0 Å². The van der Waals surface area contributed by atoms with E-state index in [0.29, 0.717) is 11.4 Å². The maximum Gasteiger partial charge on any atom is 0.491 e. The van der Waals surface area contributed by atoms with Crippen LogP contribution in [-0.2, 0) is 14.3 Å². The van der Waals surface area contributed by atoms with Crippen LogP contribution >= 0.6 is 45.2 Å². The lowest BCUT2D eigenvalue weighted by Gasteiger charge is -2.06. The maximum absolute atomic E-state index is 11.2. The van der Waals surface area contributed by atoms with Crippen LogP contribution in [0, 0.1) is 32.6 Å². The minimum Gasteiger partial charge on any atom is -0.380 e. The minimum atomic E-state index is -5.62. The first kappa shape index (κ1) is 29.6. The number of nitrogens with two attached hydrogens (primary N) is 1. The first-order valence-corrected chi connectivity index (χ1v) is 9.60. The van der Waals surface area contributed by atoms with Crippen molar-refractivity contribution in [3.05, 3.63) is 29.9 Å². The number of hydrogen-bond donors (Lipinski definition) is 3. The Hall–Kier alpha value is -2.44. The van der Waals surface area contributed by atoms with E-state index in [1.807, 2.05) is 13.0 Å². The van der Waals surface area contributed by atoms with Gasteiger partial charge in [-0.25, -0.2) is 9.59 Å². The number of aromatic amines is 2. The third kappa shape index (κ3) is 9.37. The van der Waals surface area contributed by atoms with Crippen LogP contribution in [0.3, 0.4) is 0 Å². The fourth-order valence-electron chi connectivity index (χ4n) is 1.30. The molecular weight excluding hydrogens is 684 g/mol. The number of nitriles is 1. The number of ether oxygens (including phenoxy) is 1. The van der Waals surface area contributed by atoms with E-state index in [2.05, 4.69) is 70.3 Å². The molecule has 176 valence electrons. The molecule has 10 nitrogen and oxygen atoms in total. The van der Waals surface area contributed by atoms with Gasteiger partial charge in [-0.15, -0.1) is 0 Å². The maximum atomic E-state index is 11.2. The molecule has 0 saturated heterocycles. The van der Waals surface area contributed by atoms with Gasteiger partial charge in [-0.3, -0.25) is 15.0 Å². The Bertz CT molecular complexity index is 1000. The van der Waals surface area contributed by atoms with Gasteiger partial charge in [0.1, 0.15) is 9.77 Å². The molecule has 0 aliphatic heterocycles. The highest BCUT2D eigenvalue weighted by molar-refractivity contribution is 14.1. The van der Waals surface area contributed by atoms with Crippen LogP contribution in [0.5, 0.6) is 0 Å². The lowest BCUT2D eigenvalue weighted by molar-refractivity contribution is -0.221. The van der Waals surface area contributed by atoms with E-state index in [0.717, 1.165) is 18.5 Å². The highest BCUT2D eigenvalue weighted by Gasteiger charge is 2.49. The van der Waals surface area contributed by atoms with Crippen molar-refractivity contribution in [2.75, 3.05) is 0 Å². The quantitative estimate of drug-likeness (QED) is 0.179. The van der Waals surface area contributed by atoms with Gasteiger partial charge in [0.2, 0.25) is 0 Å². The number of carbonyl (C=O) groups excluding carboxylic acids is 3.